The number of carbonyl (C=O) groups excluding carboxylic acids is 1. The molecule has 0 amide bonds. The van der Waals surface area contributed by atoms with E-state index >= 15 is 0 Å². The van der Waals surface area contributed by atoms with Crippen LogP contribution in [0.5, 0.6) is 0 Å². The van der Waals surface area contributed by atoms with Crippen molar-refractivity contribution in [1.29, 1.82) is 0 Å². The zero-order valence-electron chi connectivity index (χ0n) is 7.81. The lowest BCUT2D eigenvalue weighted by Crippen LogP contribution is -2.33. The van der Waals surface area contributed by atoms with Crippen LogP contribution in [0.3, 0.4) is 0 Å². The van der Waals surface area contributed by atoms with E-state index in [0.29, 0.717) is 10.9 Å². The number of hydrogen-bond donors (Lipinski definition) is 2. The molecule has 0 unspecified atom stereocenters. The molecule has 14 heavy (non-hydrogen) atoms. The molecule has 0 saturated carbocycles. The highest BCUT2D eigenvalue weighted by Gasteiger charge is 2.33. The molecule has 0 aliphatic heterocycles. The number of carbonyl (C=O) groups is 1. The lowest BCUT2D eigenvalue weighted by molar-refractivity contribution is -0.146. The van der Waals surface area contributed by atoms with Crippen LogP contribution in [0, 0.1) is 11.8 Å². The molecule has 0 aromatic rings. The maximum absolute atomic E-state index is 11.3. The molecule has 1 rings (SSSR count). The highest BCUT2D eigenvalue weighted by molar-refractivity contribution is 9.11. The van der Waals surface area contributed by atoms with Gasteiger partial charge in [0.1, 0.15) is 0 Å². The van der Waals surface area contributed by atoms with Crippen LogP contribution < -0.4 is 0 Å². The fourth-order valence-electron chi connectivity index (χ4n) is 1.55. The van der Waals surface area contributed by atoms with Crippen LogP contribution in [0.25, 0.3) is 0 Å². The van der Waals surface area contributed by atoms with Crippen LogP contribution in [0.1, 0.15) is 6.42 Å². The SMILES string of the molecule is COC(=O)[C@H]1C=C(Br)[C@@H](O)C[C@@H]1CO. The molecular weight excluding hydrogens is 252 g/mol. The van der Waals surface area contributed by atoms with E-state index in [2.05, 4.69) is 20.7 Å². The first kappa shape index (κ1) is 11.7. The van der Waals surface area contributed by atoms with Gasteiger partial charge in [-0.1, -0.05) is 22.0 Å². The van der Waals surface area contributed by atoms with E-state index < -0.39 is 12.0 Å². The van der Waals surface area contributed by atoms with Gasteiger partial charge in [-0.2, -0.15) is 0 Å². The Kier molecular flexibility index (Phi) is 4.10. The number of halogens is 1. The summed E-state index contributed by atoms with van der Waals surface area (Å²) in [5.74, 6) is -1.12. The van der Waals surface area contributed by atoms with Crippen LogP contribution in [0.2, 0.25) is 0 Å². The molecular formula is C9H13BrO4. The summed E-state index contributed by atoms with van der Waals surface area (Å²) in [5.41, 5.74) is 0. The van der Waals surface area contributed by atoms with E-state index in [1.807, 2.05) is 0 Å². The fourth-order valence-corrected chi connectivity index (χ4v) is 2.02. The lowest BCUT2D eigenvalue weighted by Gasteiger charge is -2.28. The van der Waals surface area contributed by atoms with Crippen molar-refractivity contribution >= 4 is 21.9 Å². The zero-order chi connectivity index (χ0) is 10.7. The molecule has 0 fully saturated rings. The van der Waals surface area contributed by atoms with Gasteiger partial charge in [-0.05, 0) is 6.42 Å². The first-order chi connectivity index (χ1) is 6.60. The monoisotopic (exact) mass is 264 g/mol. The van der Waals surface area contributed by atoms with Crippen LogP contribution in [-0.4, -0.2) is 36.0 Å². The van der Waals surface area contributed by atoms with E-state index in [9.17, 15) is 9.90 Å². The van der Waals surface area contributed by atoms with Crippen LogP contribution in [0.15, 0.2) is 10.6 Å². The van der Waals surface area contributed by atoms with Gasteiger partial charge >= 0.3 is 5.97 Å². The maximum atomic E-state index is 11.3. The smallest absolute Gasteiger partial charge is 0.312 e. The second-order valence-electron chi connectivity index (χ2n) is 3.29. The van der Waals surface area contributed by atoms with Gasteiger partial charge in [0, 0.05) is 17.0 Å². The highest BCUT2D eigenvalue weighted by Crippen LogP contribution is 2.32. The highest BCUT2D eigenvalue weighted by atomic mass is 79.9. The number of rotatable bonds is 2. The molecule has 0 saturated heterocycles. The third kappa shape index (κ3) is 2.34. The van der Waals surface area contributed by atoms with Gasteiger partial charge < -0.3 is 14.9 Å². The molecule has 3 atom stereocenters. The molecule has 0 aromatic carbocycles. The number of hydrogen-bond acceptors (Lipinski definition) is 4. The standard InChI is InChI=1S/C9H13BrO4/c1-14-9(13)6-3-7(10)8(12)2-5(6)4-11/h3,5-6,8,11-12H,2,4H2,1H3/t5-,6+,8+/m1/s1. The van der Waals surface area contributed by atoms with Crippen molar-refractivity contribution in [2.24, 2.45) is 11.8 Å². The Balaban J connectivity index is 2.84. The summed E-state index contributed by atoms with van der Waals surface area (Å²) < 4.78 is 5.19. The maximum Gasteiger partial charge on any atom is 0.312 e. The van der Waals surface area contributed by atoms with Gasteiger partial charge in [0.15, 0.2) is 0 Å². The second kappa shape index (κ2) is 4.91. The van der Waals surface area contributed by atoms with Gasteiger partial charge in [0.05, 0.1) is 19.1 Å². The Morgan fingerprint density at radius 2 is 2.43 bits per heavy atom. The average molecular weight is 265 g/mol. The molecule has 4 nitrogen and oxygen atoms in total. The van der Waals surface area contributed by atoms with E-state index in [1.54, 1.807) is 6.08 Å². The first-order valence-corrected chi connectivity index (χ1v) is 5.13. The van der Waals surface area contributed by atoms with Crippen molar-refractivity contribution in [2.75, 3.05) is 13.7 Å². The molecule has 1 aliphatic rings. The van der Waals surface area contributed by atoms with Gasteiger partial charge in [0.2, 0.25) is 0 Å². The number of aliphatic hydroxyl groups excluding tert-OH is 2. The van der Waals surface area contributed by atoms with Crippen LogP contribution in [0.4, 0.5) is 0 Å². The molecule has 0 radical (unpaired) electrons. The van der Waals surface area contributed by atoms with Crippen molar-refractivity contribution in [3.63, 3.8) is 0 Å². The summed E-state index contributed by atoms with van der Waals surface area (Å²) >= 11 is 3.17. The third-order valence-corrected chi connectivity index (χ3v) is 3.19. The molecule has 80 valence electrons. The van der Waals surface area contributed by atoms with Crippen molar-refractivity contribution in [2.45, 2.75) is 12.5 Å². The quantitative estimate of drug-likeness (QED) is 0.710. The molecule has 0 bridgehead atoms. The molecule has 0 heterocycles. The predicted molar refractivity (Wildman–Crippen MR) is 53.7 cm³/mol. The first-order valence-electron chi connectivity index (χ1n) is 4.34. The number of methoxy groups -OCH3 is 1. The summed E-state index contributed by atoms with van der Waals surface area (Å²) in [6.07, 6.45) is 1.34. The Morgan fingerprint density at radius 1 is 1.79 bits per heavy atom. The number of ether oxygens (including phenoxy) is 1. The molecule has 0 spiro atoms. The number of aliphatic hydroxyl groups is 2. The van der Waals surface area contributed by atoms with Gasteiger partial charge in [0.25, 0.3) is 0 Å². The summed E-state index contributed by atoms with van der Waals surface area (Å²) in [5, 5.41) is 18.5. The second-order valence-corrected chi connectivity index (χ2v) is 4.21. The van der Waals surface area contributed by atoms with E-state index in [-0.39, 0.29) is 18.5 Å². The fraction of sp³-hybridized carbons (Fsp3) is 0.667. The summed E-state index contributed by atoms with van der Waals surface area (Å²) in [6.45, 7) is -0.131. The Morgan fingerprint density at radius 3 is 2.93 bits per heavy atom. The predicted octanol–water partition coefficient (Wildman–Crippen LogP) is 0.428. The van der Waals surface area contributed by atoms with E-state index in [4.69, 9.17) is 5.11 Å². The summed E-state index contributed by atoms with van der Waals surface area (Å²) in [6, 6.07) is 0. The van der Waals surface area contributed by atoms with E-state index in [0.717, 1.165) is 0 Å². The number of esters is 1. The van der Waals surface area contributed by atoms with Crippen molar-refractivity contribution in [3.05, 3.63) is 10.6 Å². The normalized spacial score (nSPS) is 32.3. The summed E-state index contributed by atoms with van der Waals surface area (Å²) in [4.78, 5) is 11.3. The van der Waals surface area contributed by atoms with Gasteiger partial charge in [-0.25, -0.2) is 0 Å². The minimum Gasteiger partial charge on any atom is -0.469 e. The molecule has 2 N–H and O–H groups in total. The summed E-state index contributed by atoms with van der Waals surface area (Å²) in [7, 11) is 1.31. The largest absolute Gasteiger partial charge is 0.469 e. The Labute approximate surface area is 90.7 Å². The Hall–Kier alpha value is -0.390. The van der Waals surface area contributed by atoms with Gasteiger partial charge in [-0.15, -0.1) is 0 Å². The molecule has 0 aromatic heterocycles. The molecule has 5 heteroatoms. The molecule has 1 aliphatic carbocycles. The minimum absolute atomic E-state index is 0.131. The topological polar surface area (TPSA) is 66.8 Å². The lowest BCUT2D eigenvalue weighted by atomic mass is 9.83. The Bertz CT molecular complexity index is 251. The third-order valence-electron chi connectivity index (χ3n) is 2.40. The van der Waals surface area contributed by atoms with Crippen molar-refractivity contribution in [1.82, 2.24) is 0 Å². The van der Waals surface area contributed by atoms with E-state index in [1.165, 1.54) is 7.11 Å². The minimum atomic E-state index is -0.631. The van der Waals surface area contributed by atoms with Gasteiger partial charge in [-0.3, -0.25) is 4.79 Å². The van der Waals surface area contributed by atoms with Crippen LogP contribution >= 0.6 is 15.9 Å². The van der Waals surface area contributed by atoms with Crippen molar-refractivity contribution < 1.29 is 19.7 Å². The van der Waals surface area contributed by atoms with Crippen molar-refractivity contribution in [3.8, 4) is 0 Å². The zero-order valence-corrected chi connectivity index (χ0v) is 9.40. The van der Waals surface area contributed by atoms with Crippen LogP contribution in [-0.2, 0) is 9.53 Å². The average Bonchev–Trinajstić information content (AvgIpc) is 2.20.